The number of hydrogen-bond donors (Lipinski definition) is 2. The third-order valence-electron chi connectivity index (χ3n) is 4.41. The molecule has 1 aromatic heterocycles. The van der Waals surface area contributed by atoms with Crippen molar-refractivity contribution in [2.75, 3.05) is 13.1 Å². The monoisotopic (exact) mass is 377 g/mol. The lowest BCUT2D eigenvalue weighted by Gasteiger charge is -2.33. The highest BCUT2D eigenvalue weighted by molar-refractivity contribution is 6.33. The van der Waals surface area contributed by atoms with E-state index in [1.54, 1.807) is 17.0 Å². The number of phenols is 1. The van der Waals surface area contributed by atoms with E-state index in [9.17, 15) is 9.90 Å². The zero-order valence-electron chi connectivity index (χ0n) is 15.3. The van der Waals surface area contributed by atoms with Gasteiger partial charge in [-0.25, -0.2) is 4.79 Å². The largest absolute Gasteiger partial charge is 0.508 e. The van der Waals surface area contributed by atoms with Crippen LogP contribution in [-0.2, 0) is 4.74 Å². The van der Waals surface area contributed by atoms with Gasteiger partial charge >= 0.3 is 6.09 Å². The summed E-state index contributed by atoms with van der Waals surface area (Å²) in [5, 5.41) is 17.4. The van der Waals surface area contributed by atoms with Crippen molar-refractivity contribution >= 4 is 17.7 Å². The van der Waals surface area contributed by atoms with Gasteiger partial charge in [-0.3, -0.25) is 5.10 Å². The number of phenolic OH excluding ortho intramolecular Hbond substituents is 1. The van der Waals surface area contributed by atoms with Crippen molar-refractivity contribution in [2.45, 2.75) is 45.1 Å². The first kappa shape index (κ1) is 18.6. The number of piperidine rings is 1. The van der Waals surface area contributed by atoms with Gasteiger partial charge in [0.05, 0.1) is 10.7 Å². The minimum Gasteiger partial charge on any atom is -0.508 e. The molecule has 7 heteroatoms. The summed E-state index contributed by atoms with van der Waals surface area (Å²) in [5.74, 6) is 0.440. The van der Waals surface area contributed by atoms with E-state index in [4.69, 9.17) is 16.3 Å². The van der Waals surface area contributed by atoms with Crippen LogP contribution in [0.1, 0.15) is 45.2 Å². The first-order valence-electron chi connectivity index (χ1n) is 8.75. The van der Waals surface area contributed by atoms with E-state index < -0.39 is 5.60 Å². The van der Waals surface area contributed by atoms with Crippen LogP contribution >= 0.6 is 11.6 Å². The second-order valence-corrected chi connectivity index (χ2v) is 8.02. The number of aromatic hydroxyl groups is 1. The molecule has 1 amide bonds. The number of likely N-dealkylation sites (tertiary alicyclic amines) is 1. The highest BCUT2D eigenvalue weighted by Gasteiger charge is 2.28. The third-order valence-corrected chi connectivity index (χ3v) is 4.73. The molecule has 0 atom stereocenters. The molecule has 3 rings (SSSR count). The second kappa shape index (κ2) is 7.19. The fourth-order valence-corrected chi connectivity index (χ4v) is 3.37. The van der Waals surface area contributed by atoms with Crippen LogP contribution in [0.15, 0.2) is 24.3 Å². The standard InChI is InChI=1S/C19H24ClN3O3/c1-19(2,3)26-18(25)23-8-6-12(7-9-23)16-11-17(22-21-16)14-5-4-13(24)10-15(14)20/h4-5,10-12,24H,6-9H2,1-3H3,(H,21,22). The van der Waals surface area contributed by atoms with Crippen molar-refractivity contribution in [1.29, 1.82) is 0 Å². The van der Waals surface area contributed by atoms with Gasteiger partial charge in [0.25, 0.3) is 0 Å². The van der Waals surface area contributed by atoms with Gasteiger partial charge in [-0.1, -0.05) is 11.6 Å². The molecule has 0 aliphatic carbocycles. The number of carbonyl (C=O) groups is 1. The molecule has 0 unspecified atom stereocenters. The Morgan fingerprint density at radius 2 is 2.00 bits per heavy atom. The number of ether oxygens (including phenoxy) is 1. The maximum Gasteiger partial charge on any atom is 0.410 e. The quantitative estimate of drug-likeness (QED) is 0.804. The Bertz CT molecular complexity index is 790. The topological polar surface area (TPSA) is 78.4 Å². The average Bonchev–Trinajstić information content (AvgIpc) is 3.03. The van der Waals surface area contributed by atoms with Crippen molar-refractivity contribution in [1.82, 2.24) is 15.1 Å². The summed E-state index contributed by atoms with van der Waals surface area (Å²) in [4.78, 5) is 13.9. The predicted octanol–water partition coefficient (Wildman–Crippen LogP) is 4.55. The molecule has 2 aromatic rings. The zero-order valence-corrected chi connectivity index (χ0v) is 16.0. The number of nitrogens with zero attached hydrogens (tertiary/aromatic N) is 2. The van der Waals surface area contributed by atoms with E-state index >= 15 is 0 Å². The number of amides is 1. The number of aromatic nitrogens is 2. The molecule has 0 bridgehead atoms. The molecule has 0 radical (unpaired) electrons. The Kier molecular flexibility index (Phi) is 5.14. The highest BCUT2D eigenvalue weighted by Crippen LogP contribution is 2.33. The van der Waals surface area contributed by atoms with Gasteiger partial charge < -0.3 is 14.7 Å². The van der Waals surface area contributed by atoms with Crippen molar-refractivity contribution in [3.8, 4) is 17.0 Å². The molecule has 2 heterocycles. The summed E-state index contributed by atoms with van der Waals surface area (Å²) in [5.41, 5.74) is 2.08. The number of halogens is 1. The van der Waals surface area contributed by atoms with E-state index in [0.717, 1.165) is 29.8 Å². The van der Waals surface area contributed by atoms with Crippen LogP contribution in [0.4, 0.5) is 4.79 Å². The fraction of sp³-hybridized carbons (Fsp3) is 0.474. The number of benzene rings is 1. The van der Waals surface area contributed by atoms with Crippen LogP contribution in [-0.4, -0.2) is 45.0 Å². The van der Waals surface area contributed by atoms with Gasteiger partial charge in [0.2, 0.25) is 0 Å². The fourth-order valence-electron chi connectivity index (χ4n) is 3.10. The molecule has 1 aliphatic rings. The molecule has 6 nitrogen and oxygen atoms in total. The minimum atomic E-state index is -0.477. The SMILES string of the molecule is CC(C)(C)OC(=O)N1CCC(c2cc(-c3ccc(O)cc3Cl)n[nH]2)CC1. The smallest absolute Gasteiger partial charge is 0.410 e. The highest BCUT2D eigenvalue weighted by atomic mass is 35.5. The Hall–Kier alpha value is -2.21. The molecular weight excluding hydrogens is 354 g/mol. The lowest BCUT2D eigenvalue weighted by Crippen LogP contribution is -2.41. The number of carbonyl (C=O) groups excluding carboxylic acids is 1. The molecule has 26 heavy (non-hydrogen) atoms. The molecular formula is C19H24ClN3O3. The molecule has 2 N–H and O–H groups in total. The lowest BCUT2D eigenvalue weighted by molar-refractivity contribution is 0.0204. The zero-order chi connectivity index (χ0) is 18.9. The molecule has 140 valence electrons. The van der Waals surface area contributed by atoms with Gasteiger partial charge in [0.1, 0.15) is 11.4 Å². The van der Waals surface area contributed by atoms with E-state index in [0.29, 0.717) is 24.0 Å². The Morgan fingerprint density at radius 1 is 1.31 bits per heavy atom. The molecule has 1 fully saturated rings. The van der Waals surface area contributed by atoms with Crippen LogP contribution < -0.4 is 0 Å². The summed E-state index contributed by atoms with van der Waals surface area (Å²) in [6, 6.07) is 6.84. The molecule has 1 aliphatic heterocycles. The molecule has 1 aromatic carbocycles. The Balaban J connectivity index is 1.64. The van der Waals surface area contributed by atoms with E-state index in [1.807, 2.05) is 26.8 Å². The number of hydrogen-bond acceptors (Lipinski definition) is 4. The maximum absolute atomic E-state index is 12.2. The summed E-state index contributed by atoms with van der Waals surface area (Å²) >= 11 is 6.19. The second-order valence-electron chi connectivity index (χ2n) is 7.61. The van der Waals surface area contributed by atoms with E-state index in [1.165, 1.54) is 6.07 Å². The average molecular weight is 378 g/mol. The summed E-state index contributed by atoms with van der Waals surface area (Å²) in [6.07, 6.45) is 1.45. The van der Waals surface area contributed by atoms with Crippen LogP contribution in [0, 0.1) is 0 Å². The van der Waals surface area contributed by atoms with Gasteiger partial charge in [0, 0.05) is 30.3 Å². The van der Waals surface area contributed by atoms with Gasteiger partial charge in [-0.05, 0) is 57.9 Å². The summed E-state index contributed by atoms with van der Waals surface area (Å²) in [6.45, 7) is 6.94. The summed E-state index contributed by atoms with van der Waals surface area (Å²) < 4.78 is 5.43. The number of nitrogens with one attached hydrogen (secondary N) is 1. The maximum atomic E-state index is 12.2. The molecule has 0 saturated carbocycles. The van der Waals surface area contributed by atoms with Crippen LogP contribution in [0.5, 0.6) is 5.75 Å². The van der Waals surface area contributed by atoms with Crippen molar-refractivity contribution in [3.63, 3.8) is 0 Å². The lowest BCUT2D eigenvalue weighted by atomic mass is 9.93. The van der Waals surface area contributed by atoms with Crippen molar-refractivity contribution in [2.24, 2.45) is 0 Å². The predicted molar refractivity (Wildman–Crippen MR) is 100 cm³/mol. The van der Waals surface area contributed by atoms with Crippen LogP contribution in [0.3, 0.4) is 0 Å². The molecule has 0 spiro atoms. The number of H-pyrrole nitrogens is 1. The normalized spacial score (nSPS) is 15.9. The van der Waals surface area contributed by atoms with Gasteiger partial charge in [-0.15, -0.1) is 0 Å². The van der Waals surface area contributed by atoms with Crippen LogP contribution in [0.25, 0.3) is 11.3 Å². The first-order valence-corrected chi connectivity index (χ1v) is 9.13. The number of aromatic amines is 1. The minimum absolute atomic E-state index is 0.129. The van der Waals surface area contributed by atoms with Gasteiger partial charge in [-0.2, -0.15) is 5.10 Å². The Labute approximate surface area is 158 Å². The summed E-state index contributed by atoms with van der Waals surface area (Å²) in [7, 11) is 0. The van der Waals surface area contributed by atoms with Crippen LogP contribution in [0.2, 0.25) is 5.02 Å². The van der Waals surface area contributed by atoms with E-state index in [-0.39, 0.29) is 11.8 Å². The Morgan fingerprint density at radius 3 is 2.62 bits per heavy atom. The first-order chi connectivity index (χ1) is 12.2. The molecule has 1 saturated heterocycles. The number of rotatable bonds is 2. The van der Waals surface area contributed by atoms with Gasteiger partial charge in [0.15, 0.2) is 0 Å². The van der Waals surface area contributed by atoms with E-state index in [2.05, 4.69) is 10.2 Å². The third kappa shape index (κ3) is 4.30. The van der Waals surface area contributed by atoms with Crippen molar-refractivity contribution in [3.05, 3.63) is 35.0 Å². The van der Waals surface area contributed by atoms with Crippen molar-refractivity contribution < 1.29 is 14.6 Å².